The van der Waals surface area contributed by atoms with Crippen LogP contribution in [0.3, 0.4) is 0 Å². The molecule has 0 saturated carbocycles. The van der Waals surface area contributed by atoms with E-state index in [9.17, 15) is 4.39 Å². The average molecular weight is 250 g/mol. The number of aliphatic hydroxyl groups excluding tert-OH is 1. The van der Waals surface area contributed by atoms with Crippen molar-refractivity contribution >= 4 is 0 Å². The maximum absolute atomic E-state index is 12.6. The molecule has 0 unspecified atom stereocenters. The summed E-state index contributed by atoms with van der Waals surface area (Å²) in [5.74, 6) is 0.292. The molecule has 2 aromatic rings. The molecule has 0 amide bonds. The molecule has 1 aromatic carbocycles. The SMILES string of the molecule is COc1cc(CO)ccc1Oc1ncc(F)cn1. The summed E-state index contributed by atoms with van der Waals surface area (Å²) in [5, 5.41) is 9.01. The highest BCUT2D eigenvalue weighted by Crippen LogP contribution is 2.30. The van der Waals surface area contributed by atoms with Gasteiger partial charge in [0, 0.05) is 0 Å². The lowest BCUT2D eigenvalue weighted by Crippen LogP contribution is -1.96. The van der Waals surface area contributed by atoms with Gasteiger partial charge in [0.05, 0.1) is 26.1 Å². The Morgan fingerprint density at radius 2 is 1.94 bits per heavy atom. The van der Waals surface area contributed by atoms with E-state index in [1.165, 1.54) is 7.11 Å². The highest BCUT2D eigenvalue weighted by molar-refractivity contribution is 5.43. The van der Waals surface area contributed by atoms with Crippen LogP contribution in [0.2, 0.25) is 0 Å². The van der Waals surface area contributed by atoms with Crippen LogP contribution in [0.5, 0.6) is 17.5 Å². The van der Waals surface area contributed by atoms with Crippen LogP contribution in [0.25, 0.3) is 0 Å². The first-order chi connectivity index (χ1) is 8.72. The molecule has 0 fully saturated rings. The predicted molar refractivity (Wildman–Crippen MR) is 61.0 cm³/mol. The third-order valence-electron chi connectivity index (χ3n) is 2.21. The summed E-state index contributed by atoms with van der Waals surface area (Å²) in [6.07, 6.45) is 2.02. The van der Waals surface area contributed by atoms with Crippen LogP contribution < -0.4 is 9.47 Å². The Hall–Kier alpha value is -2.21. The first kappa shape index (κ1) is 12.3. The zero-order chi connectivity index (χ0) is 13.0. The smallest absolute Gasteiger partial charge is 0.322 e. The lowest BCUT2D eigenvalue weighted by molar-refractivity contribution is 0.280. The molecule has 0 aliphatic carbocycles. The molecule has 1 heterocycles. The van der Waals surface area contributed by atoms with Crippen molar-refractivity contribution in [3.05, 3.63) is 42.0 Å². The molecular formula is C12H11FN2O3. The van der Waals surface area contributed by atoms with E-state index in [4.69, 9.17) is 14.6 Å². The summed E-state index contributed by atoms with van der Waals surface area (Å²) in [6, 6.07) is 4.96. The number of halogens is 1. The summed E-state index contributed by atoms with van der Waals surface area (Å²) in [7, 11) is 1.48. The number of aromatic nitrogens is 2. The summed E-state index contributed by atoms with van der Waals surface area (Å²) < 4.78 is 23.1. The van der Waals surface area contributed by atoms with Gasteiger partial charge in [-0.3, -0.25) is 0 Å². The minimum absolute atomic E-state index is 0.0199. The lowest BCUT2D eigenvalue weighted by atomic mass is 10.2. The number of benzene rings is 1. The van der Waals surface area contributed by atoms with Gasteiger partial charge >= 0.3 is 6.01 Å². The molecular weight excluding hydrogens is 239 g/mol. The van der Waals surface area contributed by atoms with Gasteiger partial charge in [-0.1, -0.05) is 6.07 Å². The molecule has 0 saturated heterocycles. The van der Waals surface area contributed by atoms with Gasteiger partial charge in [-0.2, -0.15) is 0 Å². The number of nitrogens with zero attached hydrogens (tertiary/aromatic N) is 2. The summed E-state index contributed by atoms with van der Waals surface area (Å²) in [5.41, 5.74) is 0.694. The van der Waals surface area contributed by atoms with E-state index in [0.717, 1.165) is 12.4 Å². The highest BCUT2D eigenvalue weighted by Gasteiger charge is 2.08. The van der Waals surface area contributed by atoms with Gasteiger partial charge in [-0.05, 0) is 17.7 Å². The fraction of sp³-hybridized carbons (Fsp3) is 0.167. The minimum atomic E-state index is -0.537. The van der Waals surface area contributed by atoms with Crippen molar-refractivity contribution in [3.63, 3.8) is 0 Å². The van der Waals surface area contributed by atoms with Gasteiger partial charge in [-0.25, -0.2) is 14.4 Å². The zero-order valence-corrected chi connectivity index (χ0v) is 9.63. The van der Waals surface area contributed by atoms with Crippen LogP contribution in [0.1, 0.15) is 5.56 Å². The third kappa shape index (κ3) is 2.72. The Morgan fingerprint density at radius 3 is 2.56 bits per heavy atom. The Labute approximate surface area is 103 Å². The second kappa shape index (κ2) is 5.42. The molecule has 2 rings (SSSR count). The second-order valence-corrected chi connectivity index (χ2v) is 3.43. The number of hydrogen-bond donors (Lipinski definition) is 1. The van der Waals surface area contributed by atoms with E-state index in [1.54, 1.807) is 18.2 Å². The van der Waals surface area contributed by atoms with Crippen LogP contribution in [-0.4, -0.2) is 22.2 Å². The Kier molecular flexibility index (Phi) is 3.69. The molecule has 0 atom stereocenters. The van der Waals surface area contributed by atoms with E-state index < -0.39 is 5.82 Å². The van der Waals surface area contributed by atoms with E-state index in [-0.39, 0.29) is 12.6 Å². The Morgan fingerprint density at radius 1 is 1.22 bits per heavy atom. The minimum Gasteiger partial charge on any atom is -0.493 e. The summed E-state index contributed by atoms with van der Waals surface area (Å²) >= 11 is 0. The molecule has 0 radical (unpaired) electrons. The first-order valence-corrected chi connectivity index (χ1v) is 5.16. The van der Waals surface area contributed by atoms with Gasteiger partial charge in [0.25, 0.3) is 0 Å². The third-order valence-corrected chi connectivity index (χ3v) is 2.21. The molecule has 5 nitrogen and oxygen atoms in total. The highest BCUT2D eigenvalue weighted by atomic mass is 19.1. The number of aliphatic hydroxyl groups is 1. The van der Waals surface area contributed by atoms with Gasteiger partial charge in [0.2, 0.25) is 0 Å². The predicted octanol–water partition coefficient (Wildman–Crippen LogP) is 1.91. The van der Waals surface area contributed by atoms with Gasteiger partial charge in [0.15, 0.2) is 17.3 Å². The molecule has 0 aliphatic rings. The zero-order valence-electron chi connectivity index (χ0n) is 9.63. The Bertz CT molecular complexity index is 531. The van der Waals surface area contributed by atoms with Gasteiger partial charge < -0.3 is 14.6 Å². The monoisotopic (exact) mass is 250 g/mol. The molecule has 18 heavy (non-hydrogen) atoms. The fourth-order valence-electron chi connectivity index (χ4n) is 1.35. The lowest BCUT2D eigenvalue weighted by Gasteiger charge is -2.09. The van der Waals surface area contributed by atoms with Crippen LogP contribution in [0.15, 0.2) is 30.6 Å². The van der Waals surface area contributed by atoms with Crippen molar-refractivity contribution in [2.45, 2.75) is 6.61 Å². The van der Waals surface area contributed by atoms with Crippen molar-refractivity contribution in [2.24, 2.45) is 0 Å². The van der Waals surface area contributed by atoms with E-state index in [1.807, 2.05) is 0 Å². The number of rotatable bonds is 4. The topological polar surface area (TPSA) is 64.5 Å². The standard InChI is InChI=1S/C12H11FN2O3/c1-17-11-4-8(7-16)2-3-10(11)18-12-14-5-9(13)6-15-12/h2-6,16H,7H2,1H3. The second-order valence-electron chi connectivity index (χ2n) is 3.43. The van der Waals surface area contributed by atoms with Crippen molar-refractivity contribution < 1.29 is 19.0 Å². The summed E-state index contributed by atoms with van der Waals surface area (Å²) in [4.78, 5) is 7.36. The quantitative estimate of drug-likeness (QED) is 0.897. The van der Waals surface area contributed by atoms with Crippen LogP contribution >= 0.6 is 0 Å². The average Bonchev–Trinajstić information content (AvgIpc) is 2.41. The maximum Gasteiger partial charge on any atom is 0.322 e. The normalized spacial score (nSPS) is 10.2. The van der Waals surface area contributed by atoms with Crippen LogP contribution in [0.4, 0.5) is 4.39 Å². The first-order valence-electron chi connectivity index (χ1n) is 5.16. The van der Waals surface area contributed by atoms with Crippen molar-refractivity contribution in [3.8, 4) is 17.5 Å². The molecule has 0 bridgehead atoms. The number of hydrogen-bond acceptors (Lipinski definition) is 5. The Balaban J connectivity index is 2.25. The summed E-state index contributed by atoms with van der Waals surface area (Å²) in [6.45, 7) is -0.0936. The van der Waals surface area contributed by atoms with Crippen molar-refractivity contribution in [1.82, 2.24) is 9.97 Å². The molecule has 1 N–H and O–H groups in total. The number of ether oxygens (including phenoxy) is 2. The largest absolute Gasteiger partial charge is 0.493 e. The van der Waals surface area contributed by atoms with E-state index in [2.05, 4.69) is 9.97 Å². The molecule has 94 valence electrons. The molecule has 0 spiro atoms. The molecule has 1 aromatic heterocycles. The van der Waals surface area contributed by atoms with Crippen molar-refractivity contribution in [1.29, 1.82) is 0 Å². The van der Waals surface area contributed by atoms with Crippen molar-refractivity contribution in [2.75, 3.05) is 7.11 Å². The van der Waals surface area contributed by atoms with Gasteiger partial charge in [-0.15, -0.1) is 0 Å². The number of methoxy groups -OCH3 is 1. The van der Waals surface area contributed by atoms with E-state index >= 15 is 0 Å². The van der Waals surface area contributed by atoms with E-state index in [0.29, 0.717) is 17.1 Å². The molecule has 0 aliphatic heterocycles. The van der Waals surface area contributed by atoms with Gasteiger partial charge in [0.1, 0.15) is 0 Å². The van der Waals surface area contributed by atoms with Crippen LogP contribution in [0, 0.1) is 5.82 Å². The fourth-order valence-corrected chi connectivity index (χ4v) is 1.35. The maximum atomic E-state index is 12.6. The molecule has 6 heteroatoms. The van der Waals surface area contributed by atoms with Crippen LogP contribution in [-0.2, 0) is 6.61 Å².